The summed E-state index contributed by atoms with van der Waals surface area (Å²) in [4.78, 5) is 10.9. The van der Waals surface area contributed by atoms with Gasteiger partial charge in [-0.2, -0.15) is 0 Å². The molecule has 0 saturated heterocycles. The van der Waals surface area contributed by atoms with E-state index in [9.17, 15) is 13.2 Å². The molecular formula is C11H14ClNO4S. The number of hydrogen-bond donors (Lipinski definition) is 2. The number of carboxylic acid groups (broad SMARTS) is 1. The molecule has 0 heterocycles. The number of benzene rings is 1. The number of halogens is 1. The monoisotopic (exact) mass is 291 g/mol. The van der Waals surface area contributed by atoms with Crippen molar-refractivity contribution in [1.82, 2.24) is 0 Å². The lowest BCUT2D eigenvalue weighted by molar-refractivity contribution is 0.0697. The normalized spacial score (nSPS) is 12.2. The molecule has 0 aromatic heterocycles. The van der Waals surface area contributed by atoms with Gasteiger partial charge in [0.05, 0.1) is 15.3 Å². The first kappa shape index (κ1) is 14.8. The number of anilines is 1. The van der Waals surface area contributed by atoms with Gasteiger partial charge in [0.25, 0.3) is 0 Å². The van der Waals surface area contributed by atoms with Gasteiger partial charge in [0.2, 0.25) is 10.0 Å². The minimum absolute atomic E-state index is 0.0567. The Balaban J connectivity index is 3.15. The van der Waals surface area contributed by atoms with Crippen LogP contribution in [0.3, 0.4) is 0 Å². The number of hydrogen-bond acceptors (Lipinski definition) is 3. The Morgan fingerprint density at radius 2 is 1.89 bits per heavy atom. The molecule has 18 heavy (non-hydrogen) atoms. The first-order valence-electron chi connectivity index (χ1n) is 5.10. The number of carboxylic acids is 1. The second kappa shape index (κ2) is 4.78. The maximum Gasteiger partial charge on any atom is 0.337 e. The van der Waals surface area contributed by atoms with E-state index < -0.39 is 20.7 Å². The molecule has 0 bridgehead atoms. The molecule has 0 amide bonds. The van der Waals surface area contributed by atoms with Crippen LogP contribution in [0.15, 0.2) is 18.2 Å². The number of sulfonamides is 1. The van der Waals surface area contributed by atoms with Crippen molar-refractivity contribution in [2.75, 3.05) is 4.72 Å². The Morgan fingerprint density at radius 1 is 1.33 bits per heavy atom. The van der Waals surface area contributed by atoms with Crippen molar-refractivity contribution in [3.8, 4) is 0 Å². The standard InChI is InChI=1S/C11H14ClNO4S/c1-11(2,3)18(16,17)13-7-4-5-9(12)8(6-7)10(14)15/h4-6,13H,1-3H3,(H,14,15). The summed E-state index contributed by atoms with van der Waals surface area (Å²) in [6.07, 6.45) is 0. The molecule has 0 aliphatic rings. The fourth-order valence-corrected chi connectivity index (χ4v) is 2.00. The summed E-state index contributed by atoms with van der Waals surface area (Å²) in [7, 11) is -3.59. The Morgan fingerprint density at radius 3 is 2.33 bits per heavy atom. The second-order valence-electron chi connectivity index (χ2n) is 4.72. The van der Waals surface area contributed by atoms with Gasteiger partial charge in [-0.1, -0.05) is 11.6 Å². The highest BCUT2D eigenvalue weighted by atomic mass is 35.5. The van der Waals surface area contributed by atoms with Crippen LogP contribution in [-0.2, 0) is 10.0 Å². The van der Waals surface area contributed by atoms with Crippen LogP contribution in [0.1, 0.15) is 31.1 Å². The molecule has 100 valence electrons. The van der Waals surface area contributed by atoms with Gasteiger partial charge in [0.15, 0.2) is 0 Å². The third kappa shape index (κ3) is 3.14. The molecule has 0 unspecified atom stereocenters. The lowest BCUT2D eigenvalue weighted by atomic mass is 10.2. The summed E-state index contributed by atoms with van der Waals surface area (Å²) in [6.45, 7) is 4.63. The number of rotatable bonds is 3. The minimum Gasteiger partial charge on any atom is -0.478 e. The second-order valence-corrected chi connectivity index (χ2v) is 7.56. The predicted molar refractivity (Wildman–Crippen MR) is 70.7 cm³/mol. The molecule has 1 aromatic rings. The number of nitrogens with one attached hydrogen (secondary N) is 1. The van der Waals surface area contributed by atoms with Crippen molar-refractivity contribution in [2.45, 2.75) is 25.5 Å². The smallest absolute Gasteiger partial charge is 0.337 e. The largest absolute Gasteiger partial charge is 0.478 e. The number of aromatic carboxylic acids is 1. The summed E-state index contributed by atoms with van der Waals surface area (Å²) >= 11 is 5.69. The Kier molecular flexibility index (Phi) is 3.92. The van der Waals surface area contributed by atoms with Gasteiger partial charge in [-0.05, 0) is 39.0 Å². The molecule has 1 rings (SSSR count). The van der Waals surface area contributed by atoms with Crippen LogP contribution in [-0.4, -0.2) is 24.2 Å². The quantitative estimate of drug-likeness (QED) is 0.896. The maximum absolute atomic E-state index is 11.9. The third-order valence-electron chi connectivity index (χ3n) is 2.26. The van der Waals surface area contributed by atoms with E-state index in [1.165, 1.54) is 18.2 Å². The lowest BCUT2D eigenvalue weighted by Crippen LogP contribution is -2.33. The van der Waals surface area contributed by atoms with Crippen molar-refractivity contribution >= 4 is 33.3 Å². The van der Waals surface area contributed by atoms with Gasteiger partial charge in [0, 0.05) is 5.69 Å². The molecule has 5 nitrogen and oxygen atoms in total. The van der Waals surface area contributed by atoms with Crippen LogP contribution in [0.2, 0.25) is 5.02 Å². The van der Waals surface area contributed by atoms with E-state index in [0.29, 0.717) is 0 Å². The molecular weight excluding hydrogens is 278 g/mol. The molecule has 7 heteroatoms. The highest BCUT2D eigenvalue weighted by molar-refractivity contribution is 7.94. The Bertz CT molecular complexity index is 575. The van der Waals surface area contributed by atoms with Crippen LogP contribution in [0, 0.1) is 0 Å². The summed E-state index contributed by atoms with van der Waals surface area (Å²) in [5.74, 6) is -1.21. The molecule has 0 radical (unpaired) electrons. The van der Waals surface area contributed by atoms with Crippen molar-refractivity contribution < 1.29 is 18.3 Å². The SMILES string of the molecule is CC(C)(C)S(=O)(=O)Nc1ccc(Cl)c(C(=O)O)c1. The van der Waals surface area contributed by atoms with Crippen LogP contribution in [0.25, 0.3) is 0 Å². The van der Waals surface area contributed by atoms with E-state index in [0.717, 1.165) is 0 Å². The van der Waals surface area contributed by atoms with Crippen molar-refractivity contribution in [3.63, 3.8) is 0 Å². The highest BCUT2D eigenvalue weighted by Crippen LogP contribution is 2.24. The van der Waals surface area contributed by atoms with Gasteiger partial charge in [-0.15, -0.1) is 0 Å². The fraction of sp³-hybridized carbons (Fsp3) is 0.364. The van der Waals surface area contributed by atoms with Crippen molar-refractivity contribution in [2.24, 2.45) is 0 Å². The zero-order valence-electron chi connectivity index (χ0n) is 10.2. The highest BCUT2D eigenvalue weighted by Gasteiger charge is 2.29. The first-order chi connectivity index (χ1) is 8.04. The number of carbonyl (C=O) groups is 1. The topological polar surface area (TPSA) is 83.5 Å². The molecule has 0 aliphatic heterocycles. The van der Waals surface area contributed by atoms with Crippen LogP contribution >= 0.6 is 11.6 Å². The van der Waals surface area contributed by atoms with Crippen molar-refractivity contribution in [3.05, 3.63) is 28.8 Å². The molecule has 2 N–H and O–H groups in total. The van der Waals surface area contributed by atoms with Gasteiger partial charge in [-0.25, -0.2) is 13.2 Å². The molecule has 0 spiro atoms. The van der Waals surface area contributed by atoms with E-state index >= 15 is 0 Å². The summed E-state index contributed by atoms with van der Waals surface area (Å²) in [6, 6.07) is 3.94. The van der Waals surface area contributed by atoms with Crippen molar-refractivity contribution in [1.29, 1.82) is 0 Å². The molecule has 0 saturated carbocycles. The molecule has 0 aliphatic carbocycles. The van der Waals surface area contributed by atoms with E-state index in [1.54, 1.807) is 20.8 Å². The van der Waals surface area contributed by atoms with Gasteiger partial charge < -0.3 is 5.11 Å². The van der Waals surface area contributed by atoms with Crippen LogP contribution < -0.4 is 4.72 Å². The van der Waals surface area contributed by atoms with E-state index in [-0.39, 0.29) is 16.3 Å². The molecule has 1 aromatic carbocycles. The van der Waals surface area contributed by atoms with Gasteiger partial charge in [0.1, 0.15) is 0 Å². The fourth-order valence-electron chi connectivity index (χ4n) is 1.06. The summed E-state index contributed by atoms with van der Waals surface area (Å²) in [5, 5.41) is 8.94. The lowest BCUT2D eigenvalue weighted by Gasteiger charge is -2.20. The maximum atomic E-state index is 11.9. The van der Waals surface area contributed by atoms with Gasteiger partial charge >= 0.3 is 5.97 Å². The third-order valence-corrected chi connectivity index (χ3v) is 4.70. The van der Waals surface area contributed by atoms with E-state index in [4.69, 9.17) is 16.7 Å². The zero-order valence-corrected chi connectivity index (χ0v) is 11.8. The average Bonchev–Trinajstić information content (AvgIpc) is 2.18. The first-order valence-corrected chi connectivity index (χ1v) is 6.96. The Hall–Kier alpha value is -1.27. The van der Waals surface area contributed by atoms with E-state index in [1.807, 2.05) is 0 Å². The van der Waals surface area contributed by atoms with E-state index in [2.05, 4.69) is 4.72 Å². The molecule has 0 fully saturated rings. The average molecular weight is 292 g/mol. The molecule has 0 atom stereocenters. The summed E-state index contributed by atoms with van der Waals surface area (Å²) in [5.41, 5.74) is 0.0255. The summed E-state index contributed by atoms with van der Waals surface area (Å²) < 4.78 is 25.1. The van der Waals surface area contributed by atoms with Crippen LogP contribution in [0.5, 0.6) is 0 Å². The van der Waals surface area contributed by atoms with Gasteiger partial charge in [-0.3, -0.25) is 4.72 Å². The zero-order chi connectivity index (χ0) is 14.1. The van der Waals surface area contributed by atoms with Crippen LogP contribution in [0.4, 0.5) is 5.69 Å². The minimum atomic E-state index is -3.59. The Labute approximate surface area is 111 Å². The predicted octanol–water partition coefficient (Wildman–Crippen LogP) is 2.58.